The highest BCUT2D eigenvalue weighted by Gasteiger charge is 2.19. The Bertz CT molecular complexity index is 1340. The van der Waals surface area contributed by atoms with Gasteiger partial charge in [-0.25, -0.2) is 9.37 Å². The average Bonchev–Trinajstić information content (AvgIpc) is 2.93. The molecule has 0 fully saturated rings. The fraction of sp³-hybridized carbons (Fsp3) is 0.167. The number of nitrogens with one attached hydrogen (secondary N) is 1. The number of phenolic OH excluding ortho intramolecular Hbond substituents is 1. The number of para-hydroxylation sites is 1. The van der Waals surface area contributed by atoms with Gasteiger partial charge >= 0.3 is 5.97 Å². The lowest BCUT2D eigenvalue weighted by atomic mass is 10.1. The topological polar surface area (TPSA) is 127 Å². The van der Waals surface area contributed by atoms with Crippen molar-refractivity contribution in [3.05, 3.63) is 115 Å². The Morgan fingerprint density at radius 1 is 1.10 bits per heavy atom. The monoisotopic (exact) mass is 550 g/mol. The molecule has 1 amide bonds. The van der Waals surface area contributed by atoms with Crippen molar-refractivity contribution in [3.63, 3.8) is 0 Å². The number of pyridine rings is 1. The number of carbonyl (C=O) groups excluding carboxylic acids is 2. The molecule has 3 rings (SSSR count). The molecule has 1 heterocycles. The first kappa shape index (κ1) is 31.1. The quantitative estimate of drug-likeness (QED) is 0.175. The van der Waals surface area contributed by atoms with Crippen LogP contribution >= 0.6 is 0 Å². The second kappa shape index (κ2) is 16.0. The van der Waals surface area contributed by atoms with Crippen LogP contribution in [0.3, 0.4) is 0 Å². The normalized spacial score (nSPS) is 11.2. The predicted molar refractivity (Wildman–Crippen MR) is 148 cm³/mol. The fourth-order valence-corrected chi connectivity index (χ4v) is 3.23. The highest BCUT2D eigenvalue weighted by molar-refractivity contribution is 5.97. The number of esters is 1. The van der Waals surface area contributed by atoms with Gasteiger partial charge in [-0.1, -0.05) is 43.5 Å². The third-order valence-corrected chi connectivity index (χ3v) is 5.05. The lowest BCUT2D eigenvalue weighted by Gasteiger charge is -2.17. The number of rotatable bonds is 11. The minimum atomic E-state index is -0.767. The number of phenols is 1. The van der Waals surface area contributed by atoms with Gasteiger partial charge in [-0.05, 0) is 42.8 Å². The van der Waals surface area contributed by atoms with Gasteiger partial charge in [0.15, 0.2) is 17.2 Å². The van der Waals surface area contributed by atoms with Gasteiger partial charge in [0.05, 0.1) is 7.11 Å². The largest absolute Gasteiger partial charge is 0.508 e. The van der Waals surface area contributed by atoms with Crippen molar-refractivity contribution in [2.75, 3.05) is 13.7 Å². The van der Waals surface area contributed by atoms with Crippen molar-refractivity contribution < 1.29 is 38.4 Å². The number of methoxy groups -OCH3 is 1. The zero-order valence-corrected chi connectivity index (χ0v) is 22.2. The van der Waals surface area contributed by atoms with Crippen molar-refractivity contribution in [3.8, 4) is 23.0 Å². The third kappa shape index (κ3) is 9.97. The van der Waals surface area contributed by atoms with Crippen LogP contribution in [0.2, 0.25) is 0 Å². The molecule has 3 aromatic rings. The van der Waals surface area contributed by atoms with Crippen LogP contribution in [0.25, 0.3) is 0 Å². The van der Waals surface area contributed by atoms with Crippen LogP contribution in [-0.4, -0.2) is 46.8 Å². The van der Waals surface area contributed by atoms with Crippen LogP contribution in [0.1, 0.15) is 23.0 Å². The summed E-state index contributed by atoms with van der Waals surface area (Å²) in [5.41, 5.74) is 0.317. The van der Waals surface area contributed by atoms with E-state index in [9.17, 15) is 19.1 Å². The number of hydrogen-bond donors (Lipinski definition) is 3. The van der Waals surface area contributed by atoms with E-state index in [4.69, 9.17) is 19.3 Å². The molecule has 1 unspecified atom stereocenters. The molecule has 9 nitrogen and oxygen atoms in total. The maximum atomic E-state index is 13.7. The summed E-state index contributed by atoms with van der Waals surface area (Å²) in [4.78, 5) is 28.2. The summed E-state index contributed by atoms with van der Waals surface area (Å²) in [6.07, 6.45) is 5.45. The van der Waals surface area contributed by atoms with E-state index in [1.54, 1.807) is 37.3 Å². The lowest BCUT2D eigenvalue weighted by molar-refractivity contribution is -0.146. The number of allylic oxidation sites excluding steroid dienone is 3. The van der Waals surface area contributed by atoms with Crippen LogP contribution in [0, 0.1) is 5.82 Å². The van der Waals surface area contributed by atoms with Crippen LogP contribution in [0.5, 0.6) is 23.0 Å². The van der Waals surface area contributed by atoms with E-state index in [0.717, 1.165) is 0 Å². The molecule has 0 spiro atoms. The third-order valence-electron chi connectivity index (χ3n) is 5.05. The van der Waals surface area contributed by atoms with Gasteiger partial charge < -0.3 is 29.7 Å². The van der Waals surface area contributed by atoms with Crippen molar-refractivity contribution in [1.82, 2.24) is 10.3 Å². The summed E-state index contributed by atoms with van der Waals surface area (Å²) in [5.74, 6) is -1.38. The van der Waals surface area contributed by atoms with E-state index < -0.39 is 36.1 Å². The van der Waals surface area contributed by atoms with E-state index in [0.29, 0.717) is 17.1 Å². The molecule has 0 saturated carbocycles. The van der Waals surface area contributed by atoms with Crippen molar-refractivity contribution in [2.24, 2.45) is 0 Å². The average molecular weight is 551 g/mol. The molecule has 10 heteroatoms. The molecule has 0 radical (unpaired) electrons. The number of halogens is 1. The van der Waals surface area contributed by atoms with Crippen molar-refractivity contribution >= 4 is 11.9 Å². The summed E-state index contributed by atoms with van der Waals surface area (Å²) in [6.45, 7) is 8.42. The van der Waals surface area contributed by atoms with E-state index in [1.807, 2.05) is 6.07 Å². The van der Waals surface area contributed by atoms with Gasteiger partial charge in [0.2, 0.25) is 0 Å². The number of ether oxygens (including phenoxy) is 3. The van der Waals surface area contributed by atoms with Crippen LogP contribution in [-0.2, 0) is 16.0 Å². The zero-order chi connectivity index (χ0) is 29.5. The zero-order valence-electron chi connectivity index (χ0n) is 22.2. The van der Waals surface area contributed by atoms with Crippen molar-refractivity contribution in [2.45, 2.75) is 19.4 Å². The van der Waals surface area contributed by atoms with Crippen LogP contribution < -0.4 is 14.8 Å². The Kier molecular flexibility index (Phi) is 12.4. The molecule has 0 aliphatic heterocycles. The Balaban J connectivity index is 0.000000693. The van der Waals surface area contributed by atoms with Gasteiger partial charge in [-0.2, -0.15) is 0 Å². The highest BCUT2D eigenvalue weighted by Crippen LogP contribution is 2.27. The molecule has 0 aliphatic carbocycles. The molecule has 210 valence electrons. The number of carbonyl (C=O) groups is 2. The first-order chi connectivity index (χ1) is 19.2. The number of aromatic hydroxyl groups is 2. The van der Waals surface area contributed by atoms with Crippen LogP contribution in [0.4, 0.5) is 4.39 Å². The van der Waals surface area contributed by atoms with E-state index in [1.165, 1.54) is 49.7 Å². The Morgan fingerprint density at radius 2 is 1.82 bits per heavy atom. The highest BCUT2D eigenvalue weighted by atomic mass is 19.1. The molecule has 0 aliphatic rings. The van der Waals surface area contributed by atoms with Gasteiger partial charge in [-0.3, -0.25) is 9.59 Å². The molecular formula is C30H31FN2O7. The summed E-state index contributed by atoms with van der Waals surface area (Å²) >= 11 is 0. The van der Waals surface area contributed by atoms with E-state index in [2.05, 4.69) is 23.5 Å². The summed E-state index contributed by atoms with van der Waals surface area (Å²) in [7, 11) is 1.33. The van der Waals surface area contributed by atoms with E-state index >= 15 is 0 Å². The lowest BCUT2D eigenvalue weighted by Crippen LogP contribution is -2.33. The molecule has 40 heavy (non-hydrogen) atoms. The number of benzene rings is 2. The van der Waals surface area contributed by atoms with Crippen LogP contribution in [0.15, 0.2) is 97.9 Å². The summed E-state index contributed by atoms with van der Waals surface area (Å²) in [5, 5.41) is 20.9. The summed E-state index contributed by atoms with van der Waals surface area (Å²) in [6, 6.07) is 14.1. The molecule has 0 saturated heterocycles. The summed E-state index contributed by atoms with van der Waals surface area (Å²) < 4.78 is 29.6. The number of amides is 1. The molecule has 1 atom stereocenters. The van der Waals surface area contributed by atoms with Gasteiger partial charge in [0, 0.05) is 24.8 Å². The first-order valence-corrected chi connectivity index (χ1v) is 12.0. The SMILES string of the molecule is C=C/C=C(\C=C)Oc1cc(F)ccc1CC(C)OC(=O)CNC(=O)c1nccc(OC)c1O.Oc1ccccc1. The molecule has 1 aromatic heterocycles. The predicted octanol–water partition coefficient (Wildman–Crippen LogP) is 4.87. The second-order valence-electron chi connectivity index (χ2n) is 8.10. The number of hydrogen-bond acceptors (Lipinski definition) is 8. The smallest absolute Gasteiger partial charge is 0.325 e. The minimum absolute atomic E-state index is 0.0752. The molecule has 3 N–H and O–H groups in total. The Labute approximate surface area is 231 Å². The molecule has 0 bridgehead atoms. The van der Waals surface area contributed by atoms with Gasteiger partial charge in [0.1, 0.15) is 35.7 Å². The van der Waals surface area contributed by atoms with Gasteiger partial charge in [-0.15, -0.1) is 0 Å². The molecular weight excluding hydrogens is 519 g/mol. The second-order valence-corrected chi connectivity index (χ2v) is 8.10. The fourth-order valence-electron chi connectivity index (χ4n) is 3.23. The maximum Gasteiger partial charge on any atom is 0.325 e. The standard InChI is InChI=1S/C24H25FN2O6.C6H6O/c1-5-7-18(6-2)33-20-13-17(25)9-8-16(20)12-15(3)32-21(28)14-27-24(30)22-23(29)19(31-4)10-11-26-22;7-6-4-2-1-3-5-6/h5-11,13,15,29H,1-2,12,14H2,3-4H3,(H,27,30);1-5,7H/b18-7+;. The first-order valence-electron chi connectivity index (χ1n) is 12.0. The minimum Gasteiger partial charge on any atom is -0.508 e. The Hall–Kier alpha value is -5.12. The Morgan fingerprint density at radius 3 is 2.42 bits per heavy atom. The van der Waals surface area contributed by atoms with Crippen molar-refractivity contribution in [1.29, 1.82) is 0 Å². The number of aromatic nitrogens is 1. The van der Waals surface area contributed by atoms with E-state index in [-0.39, 0.29) is 23.6 Å². The van der Waals surface area contributed by atoms with Gasteiger partial charge in [0.25, 0.3) is 5.91 Å². The molecule has 2 aromatic carbocycles. The number of nitrogens with zero attached hydrogens (tertiary/aromatic N) is 1. The maximum absolute atomic E-state index is 13.7.